The third-order valence-electron chi connectivity index (χ3n) is 10.6. The van der Waals surface area contributed by atoms with Crippen LogP contribution < -0.4 is 10.6 Å². The summed E-state index contributed by atoms with van der Waals surface area (Å²) in [6, 6.07) is 12.6. The van der Waals surface area contributed by atoms with E-state index >= 15 is 0 Å². The number of aryl methyl sites for hydroxylation is 2. The molecule has 0 aromatic heterocycles. The Kier molecular flexibility index (Phi) is 7.21. The number of rotatable bonds is 5. The Balaban J connectivity index is 1.22. The summed E-state index contributed by atoms with van der Waals surface area (Å²) >= 11 is 0. The minimum atomic E-state index is -0.212. The van der Waals surface area contributed by atoms with Gasteiger partial charge in [0.2, 0.25) is 0 Å². The molecule has 0 spiro atoms. The van der Waals surface area contributed by atoms with Crippen LogP contribution in [0, 0.1) is 37.0 Å². The second-order valence-corrected chi connectivity index (χ2v) is 13.6. The van der Waals surface area contributed by atoms with E-state index in [-0.39, 0.29) is 17.9 Å². The Morgan fingerprint density at radius 1 is 1.05 bits per heavy atom. The van der Waals surface area contributed by atoms with Gasteiger partial charge in [-0.1, -0.05) is 44.5 Å². The number of guanidine groups is 1. The third kappa shape index (κ3) is 5.07. The maximum absolute atomic E-state index is 13.4. The van der Waals surface area contributed by atoms with Gasteiger partial charge in [-0.15, -0.1) is 0 Å². The summed E-state index contributed by atoms with van der Waals surface area (Å²) in [6.45, 7) is 16.6. The van der Waals surface area contributed by atoms with E-state index in [0.717, 1.165) is 49.5 Å². The lowest BCUT2D eigenvalue weighted by atomic mass is 9.45. The zero-order chi connectivity index (χ0) is 29.1. The number of hydrogen-bond acceptors (Lipinski definition) is 4. The van der Waals surface area contributed by atoms with Crippen LogP contribution in [0.5, 0.6) is 0 Å². The fraction of sp³-hybridized carbons (Fsp3) is 0.559. The highest BCUT2D eigenvalue weighted by Crippen LogP contribution is 2.61. The Labute approximate surface area is 244 Å². The van der Waals surface area contributed by atoms with Crippen molar-refractivity contribution in [2.24, 2.45) is 28.2 Å². The molecule has 218 valence electrons. The number of carbonyl (C=O) groups is 2. The summed E-state index contributed by atoms with van der Waals surface area (Å²) in [4.78, 5) is 35.8. The van der Waals surface area contributed by atoms with E-state index in [1.807, 2.05) is 12.1 Å². The first-order chi connectivity index (χ1) is 19.5. The second kappa shape index (κ2) is 10.6. The minimum Gasteiger partial charge on any atom is -0.340 e. The number of hydrogen-bond donors (Lipinski definition) is 2. The van der Waals surface area contributed by atoms with E-state index in [2.05, 4.69) is 75.3 Å². The Bertz CT molecular complexity index is 1400. The number of carbonyl (C=O) groups excluding carboxylic acids is 2. The zero-order valence-corrected chi connectivity index (χ0v) is 25.5. The van der Waals surface area contributed by atoms with Crippen LogP contribution in [0.15, 0.2) is 41.4 Å². The Morgan fingerprint density at radius 3 is 2.54 bits per heavy atom. The van der Waals surface area contributed by atoms with Crippen molar-refractivity contribution < 1.29 is 9.59 Å². The summed E-state index contributed by atoms with van der Waals surface area (Å²) in [5.41, 5.74) is 5.75. The molecule has 7 nitrogen and oxygen atoms in total. The van der Waals surface area contributed by atoms with Crippen molar-refractivity contribution in [1.82, 2.24) is 15.1 Å². The molecule has 1 unspecified atom stereocenters. The monoisotopic (exact) mass is 555 g/mol. The predicted octanol–water partition coefficient (Wildman–Crippen LogP) is 5.27. The van der Waals surface area contributed by atoms with Crippen LogP contribution in [0.4, 0.5) is 5.69 Å². The standard InChI is InChI=1S/C34H45N5O2/c1-20-7-8-24(21(2)15-20)11-13-39-31(40)27-10-9-26(18-28(27)32(39)41)36-33(38-14-12-35-22(3)19-38)37-30-17-25-16-29(23(30)4)34(25,5)6/h7-10,15,18,22-23,25,29-30,35H,11-14,16-17,19H2,1-6H3,(H,36,37)/t22?,23-,25+,29-,30-/m0/s1. The molecule has 2 bridgehead atoms. The van der Waals surface area contributed by atoms with Crippen molar-refractivity contribution in [1.29, 1.82) is 0 Å². The topological polar surface area (TPSA) is 77.0 Å². The molecule has 5 atom stereocenters. The highest BCUT2D eigenvalue weighted by atomic mass is 16.2. The van der Waals surface area contributed by atoms with Gasteiger partial charge in [-0.05, 0) is 92.5 Å². The van der Waals surface area contributed by atoms with Crippen LogP contribution in [-0.4, -0.2) is 65.8 Å². The lowest BCUT2D eigenvalue weighted by Crippen LogP contribution is -2.57. The molecule has 1 saturated heterocycles. The number of fused-ring (bicyclic) bond motifs is 3. The summed E-state index contributed by atoms with van der Waals surface area (Å²) in [5.74, 6) is 2.46. The van der Waals surface area contributed by atoms with Crippen LogP contribution in [-0.2, 0) is 6.42 Å². The average molecular weight is 556 g/mol. The fourth-order valence-electron chi connectivity index (χ4n) is 7.83. The van der Waals surface area contributed by atoms with Gasteiger partial charge in [0.05, 0.1) is 17.2 Å². The molecular weight excluding hydrogens is 510 g/mol. The van der Waals surface area contributed by atoms with E-state index in [9.17, 15) is 9.59 Å². The van der Waals surface area contributed by atoms with Crippen molar-refractivity contribution in [2.45, 2.75) is 72.9 Å². The summed E-state index contributed by atoms with van der Waals surface area (Å²) in [5, 5.41) is 7.14. The molecule has 2 aromatic rings. The van der Waals surface area contributed by atoms with E-state index in [1.165, 1.54) is 28.0 Å². The predicted molar refractivity (Wildman–Crippen MR) is 164 cm³/mol. The molecule has 2 amide bonds. The van der Waals surface area contributed by atoms with Gasteiger partial charge in [0.1, 0.15) is 0 Å². The molecular formula is C34H45N5O2. The molecule has 2 N–H and O–H groups in total. The molecule has 7 rings (SSSR count). The summed E-state index contributed by atoms with van der Waals surface area (Å²) in [7, 11) is 0. The summed E-state index contributed by atoms with van der Waals surface area (Å²) in [6.07, 6.45) is 3.11. The highest BCUT2D eigenvalue weighted by Gasteiger charge is 2.56. The maximum atomic E-state index is 13.4. The van der Waals surface area contributed by atoms with E-state index in [4.69, 9.17) is 4.99 Å². The van der Waals surface area contributed by atoms with Crippen LogP contribution in [0.25, 0.3) is 0 Å². The normalized spacial score (nSPS) is 28.9. The molecule has 2 heterocycles. The first kappa shape index (κ1) is 28.0. The van der Waals surface area contributed by atoms with E-state index in [0.29, 0.717) is 41.5 Å². The van der Waals surface area contributed by atoms with Crippen molar-refractivity contribution >= 4 is 23.5 Å². The van der Waals surface area contributed by atoms with Gasteiger partial charge in [-0.25, -0.2) is 4.99 Å². The number of piperazine rings is 1. The van der Waals surface area contributed by atoms with Crippen LogP contribution in [0.1, 0.15) is 77.9 Å². The molecule has 5 aliphatic rings. The number of nitrogens with one attached hydrogen (secondary N) is 2. The number of imide groups is 1. The smallest absolute Gasteiger partial charge is 0.261 e. The lowest BCUT2D eigenvalue weighted by molar-refractivity contribution is -0.108. The minimum absolute atomic E-state index is 0.205. The fourth-order valence-corrected chi connectivity index (χ4v) is 7.83. The van der Waals surface area contributed by atoms with Crippen LogP contribution in [0.3, 0.4) is 0 Å². The number of amides is 2. The molecule has 7 heteroatoms. The number of benzene rings is 2. The lowest BCUT2D eigenvalue weighted by Gasteiger charge is -2.61. The summed E-state index contributed by atoms with van der Waals surface area (Å²) < 4.78 is 0. The van der Waals surface area contributed by atoms with Crippen molar-refractivity contribution in [3.05, 3.63) is 64.2 Å². The zero-order valence-electron chi connectivity index (χ0n) is 25.5. The molecule has 2 aliphatic heterocycles. The second-order valence-electron chi connectivity index (χ2n) is 13.6. The number of anilines is 1. The van der Waals surface area contributed by atoms with Crippen molar-refractivity contribution in [3.63, 3.8) is 0 Å². The average Bonchev–Trinajstić information content (AvgIpc) is 3.17. The van der Waals surface area contributed by atoms with Gasteiger partial charge in [0.15, 0.2) is 5.96 Å². The van der Waals surface area contributed by atoms with Gasteiger partial charge in [-0.3, -0.25) is 14.5 Å². The van der Waals surface area contributed by atoms with Gasteiger partial charge in [0.25, 0.3) is 11.8 Å². The quantitative estimate of drug-likeness (QED) is 0.299. The van der Waals surface area contributed by atoms with Gasteiger partial charge < -0.3 is 15.5 Å². The Hall–Kier alpha value is -3.19. The maximum Gasteiger partial charge on any atom is 0.261 e. The van der Waals surface area contributed by atoms with Crippen molar-refractivity contribution in [3.8, 4) is 0 Å². The molecule has 3 aliphatic carbocycles. The highest BCUT2D eigenvalue weighted by molar-refractivity contribution is 6.22. The molecule has 0 radical (unpaired) electrons. The third-order valence-corrected chi connectivity index (χ3v) is 10.6. The van der Waals surface area contributed by atoms with Crippen molar-refractivity contribution in [2.75, 3.05) is 31.5 Å². The van der Waals surface area contributed by atoms with E-state index < -0.39 is 0 Å². The van der Waals surface area contributed by atoms with E-state index in [1.54, 1.807) is 6.07 Å². The van der Waals surface area contributed by atoms with Gasteiger partial charge in [-0.2, -0.15) is 0 Å². The first-order valence-corrected chi connectivity index (χ1v) is 15.4. The van der Waals surface area contributed by atoms with Gasteiger partial charge in [0, 0.05) is 37.9 Å². The largest absolute Gasteiger partial charge is 0.340 e. The molecule has 2 aromatic carbocycles. The van der Waals surface area contributed by atoms with Crippen LogP contribution in [0.2, 0.25) is 0 Å². The number of aliphatic imine (C=N–C) groups is 1. The van der Waals surface area contributed by atoms with Gasteiger partial charge >= 0.3 is 0 Å². The SMILES string of the molecule is Cc1ccc(CCN2C(=O)c3ccc(NC(=N[C@H]4C[C@H]5C[C@@H]([C@@H]4C)C5(C)C)N4CCNC(C)C4)cc3C2=O)c(C)c1. The molecule has 41 heavy (non-hydrogen) atoms. The Morgan fingerprint density at radius 2 is 1.83 bits per heavy atom. The van der Waals surface area contributed by atoms with Crippen LogP contribution >= 0.6 is 0 Å². The first-order valence-electron chi connectivity index (χ1n) is 15.4. The molecule has 4 fully saturated rings. The number of nitrogens with zero attached hydrogens (tertiary/aromatic N) is 3. The molecule has 3 saturated carbocycles.